The molecule has 0 saturated carbocycles. The van der Waals surface area contributed by atoms with Gasteiger partial charge in [0.05, 0.1) is 12.0 Å². The highest BCUT2D eigenvalue weighted by atomic mass is 16.5. The summed E-state index contributed by atoms with van der Waals surface area (Å²) in [4.78, 5) is 42.0. The predicted octanol–water partition coefficient (Wildman–Crippen LogP) is 5.08. The average molecular weight is 488 g/mol. The SMILES string of the molecule is Cn1cc(/C=C2\Oc3c(ccc4c3[C@H](c3cc5ccccc5[nH]c3=O)CC(=O)O4)C2=O)c2ccccc21. The number of benzene rings is 3. The lowest BCUT2D eigenvalue weighted by molar-refractivity contribution is -0.135. The van der Waals surface area contributed by atoms with Gasteiger partial charge in [0.25, 0.3) is 5.56 Å². The van der Waals surface area contributed by atoms with Gasteiger partial charge in [0.15, 0.2) is 5.76 Å². The van der Waals surface area contributed by atoms with Crippen LogP contribution in [0.5, 0.6) is 11.5 Å². The van der Waals surface area contributed by atoms with E-state index in [1.165, 1.54) is 0 Å². The number of allylic oxidation sites excluding steroid dienone is 1. The van der Waals surface area contributed by atoms with Crippen LogP contribution in [0.3, 0.4) is 0 Å². The van der Waals surface area contributed by atoms with Crippen LogP contribution in [0.15, 0.2) is 83.5 Å². The predicted molar refractivity (Wildman–Crippen MR) is 139 cm³/mol. The number of nitrogens with zero attached hydrogens (tertiary/aromatic N) is 1. The molecule has 7 heteroatoms. The van der Waals surface area contributed by atoms with Gasteiger partial charge in [-0.1, -0.05) is 36.4 Å². The number of aromatic amines is 1. The quantitative estimate of drug-likeness (QED) is 0.213. The van der Waals surface area contributed by atoms with Crippen LogP contribution in [-0.4, -0.2) is 21.3 Å². The van der Waals surface area contributed by atoms with Gasteiger partial charge in [-0.15, -0.1) is 0 Å². The summed E-state index contributed by atoms with van der Waals surface area (Å²) >= 11 is 0. The van der Waals surface area contributed by atoms with Crippen LogP contribution in [0.1, 0.15) is 39.4 Å². The standard InChI is InChI=1S/C30H20N2O5/c1-32-15-17(18-7-3-5-9-23(18)32)13-25-28(34)19-10-11-24-27(29(19)37-25)20(14-26(33)36-24)21-12-16-6-2-4-8-22(16)31-30(21)35/h2-13,15,20H,14H2,1H3,(H,31,35)/b25-13-/t20-/m0/s1. The molecule has 1 atom stereocenters. The molecular weight excluding hydrogens is 468 g/mol. The van der Waals surface area contributed by atoms with Crippen LogP contribution in [0.4, 0.5) is 0 Å². The topological polar surface area (TPSA) is 90.4 Å². The molecule has 0 amide bonds. The summed E-state index contributed by atoms with van der Waals surface area (Å²) in [7, 11) is 1.95. The maximum Gasteiger partial charge on any atom is 0.312 e. The van der Waals surface area contributed by atoms with Crippen LogP contribution in [0.2, 0.25) is 0 Å². The Labute approximate surface area is 210 Å². The number of carbonyl (C=O) groups excluding carboxylic acids is 2. The number of rotatable bonds is 2. The number of H-pyrrole nitrogens is 1. The van der Waals surface area contributed by atoms with E-state index in [0.717, 1.165) is 21.9 Å². The molecule has 3 aromatic carbocycles. The lowest BCUT2D eigenvalue weighted by atomic mass is 9.85. The van der Waals surface area contributed by atoms with Crippen LogP contribution in [0, 0.1) is 0 Å². The van der Waals surface area contributed by atoms with Crippen LogP contribution < -0.4 is 15.0 Å². The normalized spacial score (nSPS) is 17.6. The van der Waals surface area contributed by atoms with Crippen molar-refractivity contribution in [3.8, 4) is 11.5 Å². The molecule has 37 heavy (non-hydrogen) atoms. The molecule has 2 aliphatic rings. The molecule has 2 aromatic heterocycles. The molecule has 0 spiro atoms. The van der Waals surface area contributed by atoms with E-state index in [1.54, 1.807) is 24.3 Å². The fourth-order valence-corrected chi connectivity index (χ4v) is 5.42. The zero-order chi connectivity index (χ0) is 25.3. The van der Waals surface area contributed by atoms with E-state index in [2.05, 4.69) is 4.98 Å². The molecule has 0 bridgehead atoms. The van der Waals surface area contributed by atoms with Gasteiger partial charge in [-0.05, 0) is 41.8 Å². The largest absolute Gasteiger partial charge is 0.452 e. The molecule has 0 fully saturated rings. The Morgan fingerprint density at radius 2 is 1.78 bits per heavy atom. The fourth-order valence-electron chi connectivity index (χ4n) is 5.42. The van der Waals surface area contributed by atoms with Crippen molar-refractivity contribution in [1.29, 1.82) is 0 Å². The third-order valence-corrected chi connectivity index (χ3v) is 7.15. The third kappa shape index (κ3) is 3.24. The highest BCUT2D eigenvalue weighted by molar-refractivity contribution is 6.15. The van der Waals surface area contributed by atoms with Gasteiger partial charge < -0.3 is 19.0 Å². The number of hydrogen-bond acceptors (Lipinski definition) is 5. The number of esters is 1. The number of ketones is 1. The summed E-state index contributed by atoms with van der Waals surface area (Å²) in [6.07, 6.45) is 3.65. The first-order valence-corrected chi connectivity index (χ1v) is 12.0. The second kappa shape index (κ2) is 7.80. The molecule has 4 heterocycles. The lowest BCUT2D eigenvalue weighted by Crippen LogP contribution is -2.26. The van der Waals surface area contributed by atoms with Crippen molar-refractivity contribution in [1.82, 2.24) is 9.55 Å². The van der Waals surface area contributed by atoms with E-state index >= 15 is 0 Å². The lowest BCUT2D eigenvalue weighted by Gasteiger charge is -2.26. The minimum Gasteiger partial charge on any atom is -0.452 e. The molecule has 180 valence electrons. The zero-order valence-electron chi connectivity index (χ0n) is 19.8. The van der Waals surface area contributed by atoms with E-state index in [1.807, 2.05) is 66.3 Å². The molecule has 5 aromatic rings. The number of Topliss-reactive ketones (excluding diaryl/α,β-unsaturated/α-hetero) is 1. The Hall–Kier alpha value is -4.91. The molecule has 1 N–H and O–H groups in total. The van der Waals surface area contributed by atoms with Crippen molar-refractivity contribution in [2.45, 2.75) is 12.3 Å². The van der Waals surface area contributed by atoms with E-state index in [0.29, 0.717) is 33.7 Å². The van der Waals surface area contributed by atoms with Gasteiger partial charge in [-0.2, -0.15) is 0 Å². The zero-order valence-corrected chi connectivity index (χ0v) is 19.8. The van der Waals surface area contributed by atoms with Crippen molar-refractivity contribution in [3.63, 3.8) is 0 Å². The molecular formula is C30H20N2O5. The van der Waals surface area contributed by atoms with Crippen molar-refractivity contribution >= 4 is 39.6 Å². The Morgan fingerprint density at radius 3 is 2.68 bits per heavy atom. The van der Waals surface area contributed by atoms with Gasteiger partial charge in [0.1, 0.15) is 11.5 Å². The number of hydrogen-bond donors (Lipinski definition) is 1. The van der Waals surface area contributed by atoms with Crippen molar-refractivity contribution < 1.29 is 19.1 Å². The summed E-state index contributed by atoms with van der Waals surface area (Å²) in [6.45, 7) is 0. The molecule has 0 saturated heterocycles. The third-order valence-electron chi connectivity index (χ3n) is 7.15. The van der Waals surface area contributed by atoms with E-state index in [-0.39, 0.29) is 23.5 Å². The monoisotopic (exact) mass is 488 g/mol. The van der Waals surface area contributed by atoms with E-state index < -0.39 is 11.9 Å². The number of fused-ring (bicyclic) bond motifs is 5. The van der Waals surface area contributed by atoms with E-state index in [4.69, 9.17) is 9.47 Å². The highest BCUT2D eigenvalue weighted by Gasteiger charge is 2.39. The first-order chi connectivity index (χ1) is 18.0. The second-order valence-electron chi connectivity index (χ2n) is 9.38. The van der Waals surface area contributed by atoms with Crippen LogP contribution >= 0.6 is 0 Å². The molecule has 0 aliphatic carbocycles. The van der Waals surface area contributed by atoms with Crippen LogP contribution in [-0.2, 0) is 11.8 Å². The Kier molecular flexibility index (Phi) is 4.50. The van der Waals surface area contributed by atoms with Crippen molar-refractivity contribution in [3.05, 3.63) is 111 Å². The summed E-state index contributed by atoms with van der Waals surface area (Å²) in [5, 5.41) is 1.85. The summed E-state index contributed by atoms with van der Waals surface area (Å²) in [5.74, 6) is -0.507. The second-order valence-corrected chi connectivity index (χ2v) is 9.38. The molecule has 2 aliphatic heterocycles. The highest BCUT2D eigenvalue weighted by Crippen LogP contribution is 2.48. The Bertz CT molecular complexity index is 1890. The van der Waals surface area contributed by atoms with Gasteiger partial charge in [-0.3, -0.25) is 14.4 Å². The number of ether oxygens (including phenoxy) is 2. The van der Waals surface area contributed by atoms with Gasteiger partial charge in [0.2, 0.25) is 5.78 Å². The molecule has 7 rings (SSSR count). The van der Waals surface area contributed by atoms with Crippen molar-refractivity contribution in [2.75, 3.05) is 0 Å². The smallest absolute Gasteiger partial charge is 0.312 e. The van der Waals surface area contributed by atoms with Gasteiger partial charge in [-0.25, -0.2) is 0 Å². The van der Waals surface area contributed by atoms with Crippen molar-refractivity contribution in [2.24, 2.45) is 7.05 Å². The first-order valence-electron chi connectivity index (χ1n) is 12.0. The summed E-state index contributed by atoms with van der Waals surface area (Å²) in [6, 6.07) is 20.4. The number of carbonyl (C=O) groups is 2. The minimum absolute atomic E-state index is 0.0369. The average Bonchev–Trinajstić information content (AvgIpc) is 3.39. The van der Waals surface area contributed by atoms with Gasteiger partial charge in [0, 0.05) is 52.3 Å². The Balaban J connectivity index is 1.38. The molecule has 0 unspecified atom stereocenters. The number of para-hydroxylation sites is 2. The number of nitrogens with one attached hydrogen (secondary N) is 1. The number of pyridine rings is 1. The minimum atomic E-state index is -0.621. The molecule has 7 nitrogen and oxygen atoms in total. The number of aryl methyl sites for hydroxylation is 1. The van der Waals surface area contributed by atoms with E-state index in [9.17, 15) is 14.4 Å². The number of aromatic nitrogens is 2. The summed E-state index contributed by atoms with van der Waals surface area (Å²) in [5.41, 5.74) is 3.65. The Morgan fingerprint density at radius 1 is 0.973 bits per heavy atom. The fraction of sp³-hybridized carbons (Fsp3) is 0.100. The maximum atomic E-state index is 13.4. The maximum absolute atomic E-state index is 13.4. The molecule has 0 radical (unpaired) electrons. The van der Waals surface area contributed by atoms with Gasteiger partial charge >= 0.3 is 5.97 Å². The summed E-state index contributed by atoms with van der Waals surface area (Å²) < 4.78 is 13.7. The first kappa shape index (κ1) is 21.4. The van der Waals surface area contributed by atoms with Crippen LogP contribution in [0.25, 0.3) is 27.9 Å².